The molecule has 4 aromatic rings. The number of nitrogens with one attached hydrogen (secondary N) is 2. The van der Waals surface area contributed by atoms with E-state index >= 15 is 0 Å². The molecule has 1 aliphatic heterocycles. The molecule has 46 heavy (non-hydrogen) atoms. The van der Waals surface area contributed by atoms with Crippen LogP contribution < -0.4 is 24.8 Å². The van der Waals surface area contributed by atoms with Gasteiger partial charge in [-0.3, -0.25) is 4.79 Å². The number of hydrogen-bond donors (Lipinski definition) is 2. The van der Waals surface area contributed by atoms with Crippen molar-refractivity contribution in [3.8, 4) is 23.1 Å². The van der Waals surface area contributed by atoms with Crippen molar-refractivity contribution < 1.29 is 23.4 Å². The molecule has 1 fully saturated rings. The van der Waals surface area contributed by atoms with E-state index in [1.54, 1.807) is 54.6 Å². The molecule has 1 aliphatic rings. The van der Waals surface area contributed by atoms with Crippen LogP contribution in [0.25, 0.3) is 0 Å². The Balaban J connectivity index is 1.31. The van der Waals surface area contributed by atoms with Gasteiger partial charge in [0.2, 0.25) is 11.8 Å². The van der Waals surface area contributed by atoms with Gasteiger partial charge in [-0.1, -0.05) is 41.4 Å². The van der Waals surface area contributed by atoms with Gasteiger partial charge in [0.15, 0.2) is 23.1 Å². The minimum absolute atomic E-state index is 0.000611. The second-order valence-electron chi connectivity index (χ2n) is 10.6. The maximum atomic E-state index is 15.0. The largest absolute Gasteiger partial charge is 0.490 e. The standard InChI is InChI=1S/C33H35Cl2FN6O4/c1-3-44-28-10-4-5-11-29(28)46-32-23(31(43)39-30-24(34)8-6-9-25(30)35)21-37-33(40-32)38-22-12-13-27(26(36)20-22)45-19-7-14-42-17-15-41(2)16-18-42/h4-6,8-13,20-21H,3,7,14-19H2,1-2H3,(H,39,43)(H,37,38,40). The lowest BCUT2D eigenvalue weighted by atomic mass is 10.2. The van der Waals surface area contributed by atoms with Crippen LogP contribution in [0, 0.1) is 5.82 Å². The van der Waals surface area contributed by atoms with Crippen LogP contribution in [0.15, 0.2) is 66.9 Å². The SMILES string of the molecule is CCOc1ccccc1Oc1nc(Nc2ccc(OCCCN3CCN(C)CC3)c(F)c2)ncc1C(=O)Nc1c(Cl)cccc1Cl. The molecule has 0 aliphatic carbocycles. The van der Waals surface area contributed by atoms with Crippen molar-refractivity contribution in [1.82, 2.24) is 19.8 Å². The van der Waals surface area contributed by atoms with Gasteiger partial charge in [0, 0.05) is 50.7 Å². The molecule has 2 heterocycles. The minimum Gasteiger partial charge on any atom is -0.490 e. The Hall–Kier alpha value is -4.16. The first-order valence-electron chi connectivity index (χ1n) is 14.9. The van der Waals surface area contributed by atoms with Gasteiger partial charge >= 0.3 is 0 Å². The number of aromatic nitrogens is 2. The summed E-state index contributed by atoms with van der Waals surface area (Å²) in [6.07, 6.45) is 2.09. The number of anilines is 3. The predicted octanol–water partition coefficient (Wildman–Crippen LogP) is 7.13. The zero-order chi connectivity index (χ0) is 32.5. The molecule has 0 saturated carbocycles. The van der Waals surface area contributed by atoms with Gasteiger partial charge in [-0.05, 0) is 56.8 Å². The maximum Gasteiger partial charge on any atom is 0.262 e. The summed E-state index contributed by atoms with van der Waals surface area (Å²) in [6.45, 7) is 7.72. The molecule has 10 nitrogen and oxygen atoms in total. The Kier molecular flexibility index (Phi) is 11.5. The molecule has 2 N–H and O–H groups in total. The first kappa shape index (κ1) is 33.2. The van der Waals surface area contributed by atoms with E-state index in [1.165, 1.54) is 12.3 Å². The van der Waals surface area contributed by atoms with E-state index in [0.717, 1.165) is 39.1 Å². The van der Waals surface area contributed by atoms with E-state index in [0.29, 0.717) is 30.4 Å². The summed E-state index contributed by atoms with van der Waals surface area (Å²) >= 11 is 12.5. The molecule has 1 aromatic heterocycles. The number of ether oxygens (including phenoxy) is 3. The number of para-hydroxylation sites is 3. The molecule has 1 saturated heterocycles. The van der Waals surface area contributed by atoms with Crippen molar-refractivity contribution >= 4 is 46.4 Å². The summed E-state index contributed by atoms with van der Waals surface area (Å²) in [5.74, 6) is -0.196. The first-order valence-corrected chi connectivity index (χ1v) is 15.7. The van der Waals surface area contributed by atoms with Gasteiger partial charge in [0.05, 0.1) is 28.9 Å². The third kappa shape index (κ3) is 8.76. The van der Waals surface area contributed by atoms with Crippen molar-refractivity contribution in [3.63, 3.8) is 0 Å². The Bertz CT molecular complexity index is 1630. The summed E-state index contributed by atoms with van der Waals surface area (Å²) < 4.78 is 32.5. The van der Waals surface area contributed by atoms with Crippen LogP contribution in [0.2, 0.25) is 10.0 Å². The number of rotatable bonds is 13. The van der Waals surface area contributed by atoms with E-state index in [2.05, 4.69) is 37.4 Å². The lowest BCUT2D eigenvalue weighted by Crippen LogP contribution is -2.44. The number of amides is 1. The molecule has 1 amide bonds. The van der Waals surface area contributed by atoms with Crippen molar-refractivity contribution in [3.05, 3.63) is 88.3 Å². The first-order chi connectivity index (χ1) is 22.3. The van der Waals surface area contributed by atoms with Crippen LogP contribution in [-0.4, -0.2) is 78.7 Å². The highest BCUT2D eigenvalue weighted by molar-refractivity contribution is 6.40. The van der Waals surface area contributed by atoms with Gasteiger partial charge < -0.3 is 34.6 Å². The summed E-state index contributed by atoms with van der Waals surface area (Å²) in [5, 5.41) is 6.19. The summed E-state index contributed by atoms with van der Waals surface area (Å²) in [7, 11) is 2.12. The lowest BCUT2D eigenvalue weighted by Gasteiger charge is -2.32. The fourth-order valence-electron chi connectivity index (χ4n) is 4.74. The number of hydrogen-bond acceptors (Lipinski definition) is 9. The normalized spacial score (nSPS) is 13.7. The molecule has 0 atom stereocenters. The van der Waals surface area contributed by atoms with Gasteiger partial charge in [-0.25, -0.2) is 9.37 Å². The number of likely N-dealkylation sites (N-methyl/N-ethyl adjacent to an activating group) is 1. The third-order valence-electron chi connectivity index (χ3n) is 7.22. The van der Waals surface area contributed by atoms with Gasteiger partial charge in [0.25, 0.3) is 5.91 Å². The molecule has 242 valence electrons. The fourth-order valence-corrected chi connectivity index (χ4v) is 5.23. The Morgan fingerprint density at radius 3 is 2.41 bits per heavy atom. The zero-order valence-corrected chi connectivity index (χ0v) is 27.1. The highest BCUT2D eigenvalue weighted by atomic mass is 35.5. The van der Waals surface area contributed by atoms with E-state index < -0.39 is 11.7 Å². The average molecular weight is 670 g/mol. The lowest BCUT2D eigenvalue weighted by molar-refractivity contribution is 0.102. The highest BCUT2D eigenvalue weighted by Crippen LogP contribution is 2.35. The summed E-state index contributed by atoms with van der Waals surface area (Å²) in [4.78, 5) is 26.8. The van der Waals surface area contributed by atoms with E-state index in [-0.39, 0.29) is 38.9 Å². The van der Waals surface area contributed by atoms with Gasteiger partial charge in [-0.15, -0.1) is 0 Å². The van der Waals surface area contributed by atoms with Crippen LogP contribution in [0.1, 0.15) is 23.7 Å². The molecular formula is C33H35Cl2FN6O4. The molecule has 5 rings (SSSR count). The Morgan fingerprint density at radius 2 is 1.70 bits per heavy atom. The fraction of sp³-hybridized carbons (Fsp3) is 0.303. The van der Waals surface area contributed by atoms with E-state index in [9.17, 15) is 9.18 Å². The van der Waals surface area contributed by atoms with Crippen molar-refractivity contribution in [2.24, 2.45) is 0 Å². The van der Waals surface area contributed by atoms with Crippen molar-refractivity contribution in [2.75, 3.05) is 63.6 Å². The highest BCUT2D eigenvalue weighted by Gasteiger charge is 2.21. The van der Waals surface area contributed by atoms with Gasteiger partial charge in [0.1, 0.15) is 5.56 Å². The number of piperazine rings is 1. The number of halogens is 3. The van der Waals surface area contributed by atoms with E-state index in [1.807, 2.05) is 6.92 Å². The molecule has 0 bridgehead atoms. The molecule has 3 aromatic carbocycles. The topological polar surface area (TPSA) is 101 Å². The summed E-state index contributed by atoms with van der Waals surface area (Å²) in [5.41, 5.74) is 0.609. The Labute approximate surface area is 277 Å². The summed E-state index contributed by atoms with van der Waals surface area (Å²) in [6, 6.07) is 16.4. The number of nitrogens with zero attached hydrogens (tertiary/aromatic N) is 4. The van der Waals surface area contributed by atoms with Crippen molar-refractivity contribution in [2.45, 2.75) is 13.3 Å². The number of carbonyl (C=O) groups excluding carboxylic acids is 1. The molecule has 0 unspecified atom stereocenters. The second-order valence-corrected chi connectivity index (χ2v) is 11.4. The van der Waals surface area contributed by atoms with Crippen LogP contribution in [0.3, 0.4) is 0 Å². The predicted molar refractivity (Wildman–Crippen MR) is 178 cm³/mol. The Morgan fingerprint density at radius 1 is 0.957 bits per heavy atom. The van der Waals surface area contributed by atoms with Crippen LogP contribution >= 0.6 is 23.2 Å². The smallest absolute Gasteiger partial charge is 0.262 e. The monoisotopic (exact) mass is 668 g/mol. The van der Waals surface area contributed by atoms with Crippen molar-refractivity contribution in [1.29, 1.82) is 0 Å². The van der Waals surface area contributed by atoms with Crippen LogP contribution in [-0.2, 0) is 0 Å². The van der Waals surface area contributed by atoms with Crippen LogP contribution in [0.5, 0.6) is 23.1 Å². The molecule has 13 heteroatoms. The average Bonchev–Trinajstić information content (AvgIpc) is 3.04. The molecule has 0 spiro atoms. The number of carbonyl (C=O) groups is 1. The zero-order valence-electron chi connectivity index (χ0n) is 25.6. The van der Waals surface area contributed by atoms with Gasteiger partial charge in [-0.2, -0.15) is 4.98 Å². The number of benzene rings is 3. The third-order valence-corrected chi connectivity index (χ3v) is 7.85. The van der Waals surface area contributed by atoms with Crippen LogP contribution in [0.4, 0.5) is 21.7 Å². The minimum atomic E-state index is -0.606. The van der Waals surface area contributed by atoms with E-state index in [4.69, 9.17) is 37.4 Å². The molecule has 0 radical (unpaired) electrons. The molecular weight excluding hydrogens is 634 g/mol. The second kappa shape index (κ2) is 15.9. The quantitative estimate of drug-likeness (QED) is 0.144. The maximum absolute atomic E-state index is 15.0.